The number of piperidine rings is 1. The minimum absolute atomic E-state index is 0.0659. The van der Waals surface area contributed by atoms with Crippen molar-refractivity contribution in [2.24, 2.45) is 0 Å². The SMILES string of the molecule is O=C(NC(=S)NCc1cccnc1)c1ccc(N2CCCCC2)c([N+](=O)[O-])c1. The standard InChI is InChI=1S/C19H21N5O3S/c25-18(22-19(28)21-13-14-5-4-8-20-12-14)15-6-7-16(17(11-15)24(26)27)23-9-2-1-3-10-23/h4-8,11-12H,1-3,9-10,13H2,(H2,21,22,25,28). The van der Waals surface area contributed by atoms with E-state index in [1.54, 1.807) is 24.5 Å². The van der Waals surface area contributed by atoms with Crippen LogP contribution in [0.2, 0.25) is 0 Å². The van der Waals surface area contributed by atoms with E-state index in [4.69, 9.17) is 12.2 Å². The van der Waals surface area contributed by atoms with Crippen molar-refractivity contribution in [1.82, 2.24) is 15.6 Å². The fourth-order valence-electron chi connectivity index (χ4n) is 3.12. The van der Waals surface area contributed by atoms with Gasteiger partial charge in [-0.25, -0.2) is 0 Å². The lowest BCUT2D eigenvalue weighted by Crippen LogP contribution is -2.39. The van der Waals surface area contributed by atoms with Gasteiger partial charge in [-0.05, 0) is 55.2 Å². The second-order valence-corrected chi connectivity index (χ2v) is 6.91. The summed E-state index contributed by atoms with van der Waals surface area (Å²) in [6, 6.07) is 8.23. The number of nitro groups is 1. The van der Waals surface area contributed by atoms with E-state index in [2.05, 4.69) is 15.6 Å². The van der Waals surface area contributed by atoms with Crippen molar-refractivity contribution in [2.75, 3.05) is 18.0 Å². The topological polar surface area (TPSA) is 100 Å². The highest BCUT2D eigenvalue weighted by molar-refractivity contribution is 7.80. The zero-order chi connectivity index (χ0) is 19.9. The number of nitrogens with one attached hydrogen (secondary N) is 2. The van der Waals surface area contributed by atoms with Crippen molar-refractivity contribution in [3.63, 3.8) is 0 Å². The van der Waals surface area contributed by atoms with Crippen LogP contribution in [0.4, 0.5) is 11.4 Å². The Kier molecular flexibility index (Phi) is 6.49. The Balaban J connectivity index is 1.66. The van der Waals surface area contributed by atoms with Crippen LogP contribution in [-0.2, 0) is 6.54 Å². The maximum Gasteiger partial charge on any atom is 0.293 e. The Labute approximate surface area is 168 Å². The number of thiocarbonyl (C=S) groups is 1. The number of anilines is 1. The number of pyridine rings is 1. The molecular weight excluding hydrogens is 378 g/mol. The molecule has 0 aliphatic carbocycles. The number of nitrogens with zero attached hydrogens (tertiary/aromatic N) is 3. The molecule has 0 radical (unpaired) electrons. The van der Waals surface area contributed by atoms with Gasteiger partial charge < -0.3 is 10.2 Å². The lowest BCUT2D eigenvalue weighted by molar-refractivity contribution is -0.384. The van der Waals surface area contributed by atoms with Gasteiger partial charge in [0.25, 0.3) is 11.6 Å². The molecule has 2 N–H and O–H groups in total. The number of hydrogen-bond donors (Lipinski definition) is 2. The third-order valence-electron chi connectivity index (χ3n) is 4.53. The zero-order valence-electron chi connectivity index (χ0n) is 15.3. The van der Waals surface area contributed by atoms with Gasteiger partial charge in [-0.3, -0.25) is 25.2 Å². The molecule has 3 rings (SSSR count). The number of carbonyl (C=O) groups excluding carboxylic acids is 1. The van der Waals surface area contributed by atoms with Crippen LogP contribution >= 0.6 is 12.2 Å². The Hall–Kier alpha value is -3.07. The summed E-state index contributed by atoms with van der Waals surface area (Å²) in [5, 5.41) is 17.1. The van der Waals surface area contributed by atoms with Crippen molar-refractivity contribution in [2.45, 2.75) is 25.8 Å². The van der Waals surface area contributed by atoms with Gasteiger partial charge in [0.1, 0.15) is 5.69 Å². The van der Waals surface area contributed by atoms with E-state index in [1.807, 2.05) is 17.0 Å². The summed E-state index contributed by atoms with van der Waals surface area (Å²) in [4.78, 5) is 29.5. The number of carbonyl (C=O) groups is 1. The Bertz CT molecular complexity index is 869. The van der Waals surface area contributed by atoms with Crippen LogP contribution in [0.15, 0.2) is 42.7 Å². The fraction of sp³-hybridized carbons (Fsp3) is 0.316. The lowest BCUT2D eigenvalue weighted by Gasteiger charge is -2.28. The van der Waals surface area contributed by atoms with Gasteiger partial charge in [0.15, 0.2) is 5.11 Å². The first-order valence-corrected chi connectivity index (χ1v) is 9.47. The van der Waals surface area contributed by atoms with Crippen LogP contribution in [0, 0.1) is 10.1 Å². The highest BCUT2D eigenvalue weighted by Gasteiger charge is 2.23. The first-order chi connectivity index (χ1) is 13.5. The summed E-state index contributed by atoms with van der Waals surface area (Å²) in [6.07, 6.45) is 6.52. The summed E-state index contributed by atoms with van der Waals surface area (Å²) in [5.74, 6) is -0.489. The van der Waals surface area contributed by atoms with Crippen molar-refractivity contribution in [3.05, 3.63) is 64.0 Å². The molecule has 1 amide bonds. The maximum atomic E-state index is 12.4. The van der Waals surface area contributed by atoms with Crippen molar-refractivity contribution < 1.29 is 9.72 Å². The molecule has 28 heavy (non-hydrogen) atoms. The number of benzene rings is 1. The van der Waals surface area contributed by atoms with Crippen LogP contribution in [-0.4, -0.2) is 34.0 Å². The summed E-state index contributed by atoms with van der Waals surface area (Å²) in [7, 11) is 0. The van der Waals surface area contributed by atoms with E-state index in [0.29, 0.717) is 12.2 Å². The van der Waals surface area contributed by atoms with Crippen molar-refractivity contribution in [1.29, 1.82) is 0 Å². The van der Waals surface area contributed by atoms with E-state index in [1.165, 1.54) is 6.07 Å². The minimum atomic E-state index is -0.489. The number of rotatable bonds is 5. The molecule has 0 spiro atoms. The number of nitro benzene ring substituents is 1. The molecule has 1 aromatic heterocycles. The lowest BCUT2D eigenvalue weighted by atomic mass is 10.1. The first-order valence-electron chi connectivity index (χ1n) is 9.06. The second-order valence-electron chi connectivity index (χ2n) is 6.51. The average Bonchev–Trinajstić information content (AvgIpc) is 2.73. The number of hydrogen-bond acceptors (Lipinski definition) is 6. The highest BCUT2D eigenvalue weighted by Crippen LogP contribution is 2.31. The molecule has 1 fully saturated rings. The molecule has 1 aromatic carbocycles. The van der Waals surface area contributed by atoms with Crippen molar-refractivity contribution in [3.8, 4) is 0 Å². The molecule has 1 saturated heterocycles. The molecule has 0 bridgehead atoms. The first kappa shape index (κ1) is 19.7. The van der Waals surface area contributed by atoms with E-state index in [9.17, 15) is 14.9 Å². The molecule has 9 heteroatoms. The highest BCUT2D eigenvalue weighted by atomic mass is 32.1. The quantitative estimate of drug-likeness (QED) is 0.453. The van der Waals surface area contributed by atoms with E-state index < -0.39 is 10.8 Å². The van der Waals surface area contributed by atoms with E-state index in [0.717, 1.165) is 37.9 Å². The van der Waals surface area contributed by atoms with Gasteiger partial charge in [-0.2, -0.15) is 0 Å². The molecule has 146 valence electrons. The predicted octanol–water partition coefficient (Wildman–Crippen LogP) is 2.78. The molecular formula is C19H21N5O3S. The van der Waals surface area contributed by atoms with Crippen LogP contribution in [0.5, 0.6) is 0 Å². The fourth-order valence-corrected chi connectivity index (χ4v) is 3.28. The third-order valence-corrected chi connectivity index (χ3v) is 4.78. The summed E-state index contributed by atoms with van der Waals surface area (Å²) >= 11 is 5.14. The average molecular weight is 399 g/mol. The molecule has 0 unspecified atom stereocenters. The predicted molar refractivity (Wildman–Crippen MR) is 110 cm³/mol. The summed E-state index contributed by atoms with van der Waals surface area (Å²) in [6.45, 7) is 1.99. The van der Waals surface area contributed by atoms with Gasteiger partial charge in [0.05, 0.1) is 4.92 Å². The molecule has 0 saturated carbocycles. The Morgan fingerprint density at radius 1 is 1.25 bits per heavy atom. The van der Waals surface area contributed by atoms with Crippen molar-refractivity contribution >= 4 is 34.6 Å². The van der Waals surface area contributed by atoms with Crippen LogP contribution < -0.4 is 15.5 Å². The van der Waals surface area contributed by atoms with Crippen LogP contribution in [0.1, 0.15) is 35.2 Å². The smallest absolute Gasteiger partial charge is 0.293 e. The number of aromatic nitrogens is 1. The Morgan fingerprint density at radius 3 is 2.71 bits per heavy atom. The molecule has 1 aliphatic heterocycles. The third kappa shape index (κ3) is 5.01. The van der Waals surface area contributed by atoms with Gasteiger partial charge in [0, 0.05) is 43.7 Å². The molecule has 0 atom stereocenters. The normalized spacial score (nSPS) is 13.6. The molecule has 2 heterocycles. The minimum Gasteiger partial charge on any atom is -0.366 e. The summed E-state index contributed by atoms with van der Waals surface area (Å²) < 4.78 is 0. The largest absolute Gasteiger partial charge is 0.366 e. The molecule has 2 aromatic rings. The molecule has 1 aliphatic rings. The van der Waals surface area contributed by atoms with Gasteiger partial charge >= 0.3 is 0 Å². The van der Waals surface area contributed by atoms with E-state index >= 15 is 0 Å². The monoisotopic (exact) mass is 399 g/mol. The number of amides is 1. The van der Waals surface area contributed by atoms with Gasteiger partial charge in [-0.15, -0.1) is 0 Å². The van der Waals surface area contributed by atoms with Crippen LogP contribution in [0.3, 0.4) is 0 Å². The van der Waals surface area contributed by atoms with E-state index in [-0.39, 0.29) is 16.4 Å². The Morgan fingerprint density at radius 2 is 2.04 bits per heavy atom. The molecule has 8 nitrogen and oxygen atoms in total. The zero-order valence-corrected chi connectivity index (χ0v) is 16.1. The second kappa shape index (κ2) is 9.23. The summed E-state index contributed by atoms with van der Waals surface area (Å²) in [5.41, 5.74) is 1.60. The van der Waals surface area contributed by atoms with Crippen LogP contribution in [0.25, 0.3) is 0 Å². The maximum absolute atomic E-state index is 12.4. The van der Waals surface area contributed by atoms with Gasteiger partial charge in [0.2, 0.25) is 0 Å². The van der Waals surface area contributed by atoms with Gasteiger partial charge in [-0.1, -0.05) is 6.07 Å².